The maximum absolute atomic E-state index is 6.15. The van der Waals surface area contributed by atoms with Crippen molar-refractivity contribution in [3.63, 3.8) is 0 Å². The van der Waals surface area contributed by atoms with Crippen LogP contribution in [0.4, 0.5) is 0 Å². The van der Waals surface area contributed by atoms with Gasteiger partial charge in [-0.2, -0.15) is 11.8 Å². The molecule has 0 bridgehead atoms. The second-order valence-electron chi connectivity index (χ2n) is 4.41. The third-order valence-corrected chi connectivity index (χ3v) is 4.23. The number of likely N-dealkylation sites (N-methyl/N-ethyl adjacent to an activating group) is 1. The highest BCUT2D eigenvalue weighted by Gasteiger charge is 2.20. The van der Waals surface area contributed by atoms with E-state index in [1.165, 1.54) is 11.3 Å². The van der Waals surface area contributed by atoms with E-state index in [1.54, 1.807) is 7.11 Å². The highest BCUT2D eigenvalue weighted by Crippen LogP contribution is 2.34. The Morgan fingerprint density at radius 3 is 3.00 bits per heavy atom. The molecule has 18 heavy (non-hydrogen) atoms. The number of hydrogen-bond acceptors (Lipinski definition) is 4. The fourth-order valence-corrected chi connectivity index (χ4v) is 3.18. The molecule has 1 aromatic carbocycles. The minimum atomic E-state index is 0.333. The summed E-state index contributed by atoms with van der Waals surface area (Å²) in [7, 11) is 3.67. The highest BCUT2D eigenvalue weighted by molar-refractivity contribution is 7.99. The first-order valence-electron chi connectivity index (χ1n) is 6.40. The molecule has 0 saturated carbocycles. The summed E-state index contributed by atoms with van der Waals surface area (Å²) in [4.78, 5) is 0. The van der Waals surface area contributed by atoms with Crippen molar-refractivity contribution < 1.29 is 9.47 Å². The van der Waals surface area contributed by atoms with Gasteiger partial charge in [0.25, 0.3) is 0 Å². The molecule has 1 fully saturated rings. The van der Waals surface area contributed by atoms with Gasteiger partial charge in [0.05, 0.1) is 7.11 Å². The molecule has 0 aromatic heterocycles. The van der Waals surface area contributed by atoms with Crippen molar-refractivity contribution in [2.24, 2.45) is 0 Å². The normalized spacial score (nSPS) is 18.9. The van der Waals surface area contributed by atoms with Gasteiger partial charge in [0.15, 0.2) is 11.5 Å². The van der Waals surface area contributed by atoms with E-state index in [2.05, 4.69) is 11.4 Å². The quantitative estimate of drug-likeness (QED) is 0.857. The molecule has 1 N–H and O–H groups in total. The lowest BCUT2D eigenvalue weighted by Gasteiger charge is -2.18. The zero-order valence-electron chi connectivity index (χ0n) is 11.1. The van der Waals surface area contributed by atoms with Gasteiger partial charge in [-0.05, 0) is 43.8 Å². The van der Waals surface area contributed by atoms with Gasteiger partial charge in [0, 0.05) is 5.75 Å². The van der Waals surface area contributed by atoms with Gasteiger partial charge in [0.2, 0.25) is 0 Å². The Labute approximate surface area is 113 Å². The molecular formula is C14H21NO2S. The van der Waals surface area contributed by atoms with Gasteiger partial charge >= 0.3 is 0 Å². The molecular weight excluding hydrogens is 246 g/mol. The number of benzene rings is 1. The molecule has 0 radical (unpaired) electrons. The molecule has 1 aliphatic rings. The molecule has 100 valence electrons. The summed E-state index contributed by atoms with van der Waals surface area (Å²) < 4.78 is 11.6. The average molecular weight is 267 g/mol. The summed E-state index contributed by atoms with van der Waals surface area (Å²) in [6.45, 7) is 0.947. The van der Waals surface area contributed by atoms with Crippen molar-refractivity contribution in [1.29, 1.82) is 0 Å². The number of methoxy groups -OCH3 is 1. The number of hydrogen-bond donors (Lipinski definition) is 1. The Hall–Kier alpha value is -0.870. The Kier molecular flexibility index (Phi) is 5.20. The van der Waals surface area contributed by atoms with E-state index in [0.29, 0.717) is 6.10 Å². The van der Waals surface area contributed by atoms with Crippen molar-refractivity contribution in [2.45, 2.75) is 18.9 Å². The predicted octanol–water partition coefficient (Wildman–Crippen LogP) is 2.34. The molecule has 1 atom stereocenters. The topological polar surface area (TPSA) is 30.5 Å². The van der Waals surface area contributed by atoms with E-state index in [1.807, 2.05) is 30.9 Å². The van der Waals surface area contributed by atoms with E-state index in [-0.39, 0.29) is 0 Å². The second-order valence-corrected chi connectivity index (χ2v) is 5.56. The fourth-order valence-electron chi connectivity index (χ4n) is 2.08. The van der Waals surface area contributed by atoms with Crippen molar-refractivity contribution in [2.75, 3.05) is 32.2 Å². The largest absolute Gasteiger partial charge is 0.493 e. The van der Waals surface area contributed by atoms with Crippen LogP contribution in [0.5, 0.6) is 11.5 Å². The molecule has 1 saturated heterocycles. The van der Waals surface area contributed by atoms with Crippen molar-refractivity contribution >= 4 is 11.8 Å². The van der Waals surface area contributed by atoms with Crippen LogP contribution in [-0.4, -0.2) is 38.3 Å². The lowest BCUT2D eigenvalue weighted by Crippen LogP contribution is -2.17. The molecule has 1 unspecified atom stereocenters. The third-order valence-electron chi connectivity index (χ3n) is 3.10. The van der Waals surface area contributed by atoms with Crippen LogP contribution in [0.3, 0.4) is 0 Å². The number of para-hydroxylation sites is 1. The summed E-state index contributed by atoms with van der Waals surface area (Å²) in [5.41, 5.74) is 1.22. The number of rotatable bonds is 6. The molecule has 4 heteroatoms. The zero-order valence-corrected chi connectivity index (χ0v) is 11.9. The first kappa shape index (κ1) is 13.6. The van der Waals surface area contributed by atoms with Crippen LogP contribution >= 0.6 is 11.8 Å². The van der Waals surface area contributed by atoms with Crippen LogP contribution < -0.4 is 14.8 Å². The van der Waals surface area contributed by atoms with Crippen LogP contribution in [0.25, 0.3) is 0 Å². The van der Waals surface area contributed by atoms with Crippen molar-refractivity contribution in [3.8, 4) is 11.5 Å². The second kappa shape index (κ2) is 6.90. The van der Waals surface area contributed by atoms with Crippen LogP contribution in [0.15, 0.2) is 18.2 Å². The van der Waals surface area contributed by atoms with E-state index in [0.717, 1.165) is 36.6 Å². The van der Waals surface area contributed by atoms with Crippen molar-refractivity contribution in [3.05, 3.63) is 23.8 Å². The molecule has 0 aliphatic carbocycles. The van der Waals surface area contributed by atoms with Crippen molar-refractivity contribution in [1.82, 2.24) is 5.32 Å². The smallest absolute Gasteiger partial charge is 0.164 e. The number of ether oxygens (including phenoxy) is 2. The monoisotopic (exact) mass is 267 g/mol. The number of nitrogens with one attached hydrogen (secondary N) is 1. The van der Waals surface area contributed by atoms with Gasteiger partial charge in [-0.1, -0.05) is 12.1 Å². The molecule has 1 aliphatic heterocycles. The molecule has 2 rings (SSSR count). The minimum absolute atomic E-state index is 0.333. The van der Waals surface area contributed by atoms with Crippen LogP contribution in [0, 0.1) is 0 Å². The summed E-state index contributed by atoms with van der Waals surface area (Å²) in [6.07, 6.45) is 2.43. The zero-order chi connectivity index (χ0) is 12.8. The highest BCUT2D eigenvalue weighted by atomic mass is 32.2. The fraction of sp³-hybridized carbons (Fsp3) is 0.571. The van der Waals surface area contributed by atoms with Gasteiger partial charge in [-0.15, -0.1) is 0 Å². The summed E-state index contributed by atoms with van der Waals surface area (Å²) >= 11 is 1.96. The van der Waals surface area contributed by atoms with Gasteiger partial charge in [-0.25, -0.2) is 0 Å². The first-order valence-corrected chi connectivity index (χ1v) is 7.55. The summed E-state index contributed by atoms with van der Waals surface area (Å²) in [6, 6.07) is 6.12. The van der Waals surface area contributed by atoms with Crippen LogP contribution in [0.2, 0.25) is 0 Å². The average Bonchev–Trinajstić information content (AvgIpc) is 2.90. The van der Waals surface area contributed by atoms with Gasteiger partial charge < -0.3 is 14.8 Å². The van der Waals surface area contributed by atoms with E-state index < -0.39 is 0 Å². The predicted molar refractivity (Wildman–Crippen MR) is 77.0 cm³/mol. The summed E-state index contributed by atoms with van der Waals surface area (Å²) in [5, 5.41) is 3.17. The summed E-state index contributed by atoms with van der Waals surface area (Å²) in [5.74, 6) is 4.07. The maximum atomic E-state index is 6.15. The Morgan fingerprint density at radius 2 is 2.33 bits per heavy atom. The molecule has 0 spiro atoms. The van der Waals surface area contributed by atoms with E-state index in [4.69, 9.17) is 9.47 Å². The molecule has 0 amide bonds. The SMILES string of the molecule is CNCCc1cccc(OC)c1OC1CCSC1. The van der Waals surface area contributed by atoms with Crippen LogP contribution in [0.1, 0.15) is 12.0 Å². The molecule has 1 heterocycles. The Balaban J connectivity index is 2.16. The molecule has 1 aromatic rings. The van der Waals surface area contributed by atoms with Gasteiger partial charge in [-0.3, -0.25) is 0 Å². The third kappa shape index (κ3) is 3.33. The standard InChI is InChI=1S/C14H21NO2S/c1-15-8-6-11-4-3-5-13(16-2)14(11)17-12-7-9-18-10-12/h3-5,12,15H,6-10H2,1-2H3. The van der Waals surface area contributed by atoms with Crippen LogP contribution in [-0.2, 0) is 6.42 Å². The number of thioether (sulfide) groups is 1. The Bertz CT molecular complexity index is 378. The Morgan fingerprint density at radius 1 is 1.44 bits per heavy atom. The molecule has 3 nitrogen and oxygen atoms in total. The lowest BCUT2D eigenvalue weighted by molar-refractivity contribution is 0.216. The van der Waals surface area contributed by atoms with E-state index >= 15 is 0 Å². The van der Waals surface area contributed by atoms with Gasteiger partial charge in [0.1, 0.15) is 6.10 Å². The van der Waals surface area contributed by atoms with E-state index in [9.17, 15) is 0 Å². The minimum Gasteiger partial charge on any atom is -0.493 e. The lowest BCUT2D eigenvalue weighted by atomic mass is 10.1. The maximum Gasteiger partial charge on any atom is 0.164 e. The first-order chi connectivity index (χ1) is 8.85.